The first-order valence-corrected chi connectivity index (χ1v) is 6.42. The molecule has 1 aromatic carbocycles. The number of rotatable bonds is 1. The molecule has 1 N–H and O–H groups in total. The highest BCUT2D eigenvalue weighted by Gasteiger charge is 2.37. The van der Waals surface area contributed by atoms with Gasteiger partial charge in [-0.15, -0.1) is 0 Å². The van der Waals surface area contributed by atoms with Gasteiger partial charge in [0.05, 0.1) is 11.2 Å². The van der Waals surface area contributed by atoms with Gasteiger partial charge < -0.3 is 5.11 Å². The van der Waals surface area contributed by atoms with Crippen molar-refractivity contribution in [1.29, 1.82) is 0 Å². The van der Waals surface area contributed by atoms with E-state index in [4.69, 9.17) is 0 Å². The van der Waals surface area contributed by atoms with E-state index in [-0.39, 0.29) is 5.56 Å². The van der Waals surface area contributed by atoms with Gasteiger partial charge in [-0.1, -0.05) is 31.7 Å². The van der Waals surface area contributed by atoms with Gasteiger partial charge in [-0.3, -0.25) is 0 Å². The molecule has 0 aromatic heterocycles. The maximum absolute atomic E-state index is 13.2. The normalized spacial score (nSPS) is 20.1. The maximum atomic E-state index is 13.2. The highest BCUT2D eigenvalue weighted by Crippen LogP contribution is 2.39. The van der Waals surface area contributed by atoms with Crippen molar-refractivity contribution in [1.82, 2.24) is 0 Å². The largest absolute Gasteiger partial charge is 0.419 e. The summed E-state index contributed by atoms with van der Waals surface area (Å²) in [7, 11) is 0. The summed E-state index contributed by atoms with van der Waals surface area (Å²) in [5.74, 6) is -1.30. The molecule has 1 aliphatic carbocycles. The van der Waals surface area contributed by atoms with Crippen molar-refractivity contribution in [2.75, 3.05) is 0 Å². The number of alkyl halides is 3. The third-order valence-electron chi connectivity index (χ3n) is 3.74. The van der Waals surface area contributed by atoms with Crippen LogP contribution in [-0.2, 0) is 11.8 Å². The lowest BCUT2D eigenvalue weighted by atomic mass is 9.85. The van der Waals surface area contributed by atoms with Crippen LogP contribution in [0.15, 0.2) is 18.2 Å². The zero-order valence-electron chi connectivity index (χ0n) is 10.4. The molecule has 1 nitrogen and oxygen atoms in total. The summed E-state index contributed by atoms with van der Waals surface area (Å²) in [4.78, 5) is 0. The Kier molecular flexibility index (Phi) is 3.85. The second-order valence-corrected chi connectivity index (χ2v) is 5.14. The van der Waals surface area contributed by atoms with E-state index in [1.165, 1.54) is 6.07 Å². The molecule has 5 heteroatoms. The number of hydrogen-bond acceptors (Lipinski definition) is 1. The summed E-state index contributed by atoms with van der Waals surface area (Å²) in [5, 5.41) is 10.5. The molecule has 2 rings (SSSR count). The topological polar surface area (TPSA) is 20.2 Å². The van der Waals surface area contributed by atoms with Crippen molar-refractivity contribution in [2.24, 2.45) is 0 Å². The van der Waals surface area contributed by atoms with Crippen LogP contribution in [-0.4, -0.2) is 5.11 Å². The molecular formula is C14H16F4O. The first-order valence-electron chi connectivity index (χ1n) is 6.42. The van der Waals surface area contributed by atoms with Crippen LogP contribution in [0, 0.1) is 5.82 Å². The maximum Gasteiger partial charge on any atom is 0.419 e. The molecule has 19 heavy (non-hydrogen) atoms. The average Bonchev–Trinajstić information content (AvgIpc) is 2.54. The summed E-state index contributed by atoms with van der Waals surface area (Å²) < 4.78 is 51.3. The molecule has 0 amide bonds. The SMILES string of the molecule is OC1(c2ccc(F)c(C(F)(F)F)c2)CCCCCC1. The lowest BCUT2D eigenvalue weighted by Crippen LogP contribution is -2.25. The van der Waals surface area contributed by atoms with Crippen molar-refractivity contribution in [3.05, 3.63) is 35.1 Å². The van der Waals surface area contributed by atoms with Gasteiger partial charge in [0.15, 0.2) is 0 Å². The number of benzene rings is 1. The summed E-state index contributed by atoms with van der Waals surface area (Å²) in [6.07, 6.45) is -0.400. The quantitative estimate of drug-likeness (QED) is 0.596. The van der Waals surface area contributed by atoms with Gasteiger partial charge in [-0.05, 0) is 30.5 Å². The first kappa shape index (κ1) is 14.3. The lowest BCUT2D eigenvalue weighted by molar-refractivity contribution is -0.140. The van der Waals surface area contributed by atoms with E-state index in [1.807, 2.05) is 0 Å². The molecule has 0 aliphatic heterocycles. The Balaban J connectivity index is 2.39. The van der Waals surface area contributed by atoms with Crippen molar-refractivity contribution in [3.63, 3.8) is 0 Å². The summed E-state index contributed by atoms with van der Waals surface area (Å²) in [6, 6.07) is 2.80. The predicted octanol–water partition coefficient (Wildman–Crippen LogP) is 4.39. The Morgan fingerprint density at radius 2 is 1.58 bits per heavy atom. The Labute approximate surface area is 109 Å². The monoisotopic (exact) mass is 276 g/mol. The fourth-order valence-electron chi connectivity index (χ4n) is 2.63. The van der Waals surface area contributed by atoms with Crippen molar-refractivity contribution >= 4 is 0 Å². The Morgan fingerprint density at radius 3 is 2.11 bits per heavy atom. The molecule has 0 bridgehead atoms. The number of hydrogen-bond donors (Lipinski definition) is 1. The van der Waals surface area contributed by atoms with Crippen LogP contribution in [0.25, 0.3) is 0 Å². The van der Waals surface area contributed by atoms with Crippen LogP contribution >= 0.6 is 0 Å². The van der Waals surface area contributed by atoms with E-state index < -0.39 is 23.2 Å². The van der Waals surface area contributed by atoms with Crippen molar-refractivity contribution in [3.8, 4) is 0 Å². The predicted molar refractivity (Wildman–Crippen MR) is 63.0 cm³/mol. The third kappa shape index (κ3) is 3.08. The van der Waals surface area contributed by atoms with Gasteiger partial charge in [0.2, 0.25) is 0 Å². The highest BCUT2D eigenvalue weighted by atomic mass is 19.4. The van der Waals surface area contributed by atoms with E-state index in [0.717, 1.165) is 37.8 Å². The van der Waals surface area contributed by atoms with Crippen LogP contribution in [0.3, 0.4) is 0 Å². The highest BCUT2D eigenvalue weighted by molar-refractivity contribution is 5.31. The molecule has 0 atom stereocenters. The summed E-state index contributed by atoms with van der Waals surface area (Å²) in [5.41, 5.74) is -2.39. The Hall–Kier alpha value is -1.10. The standard InChI is InChI=1S/C14H16F4O/c15-12-6-5-10(9-11(12)14(16,17)18)13(19)7-3-1-2-4-8-13/h5-6,9,19H,1-4,7-8H2. The van der Waals surface area contributed by atoms with Gasteiger partial charge >= 0.3 is 6.18 Å². The van der Waals surface area contributed by atoms with Gasteiger partial charge in [-0.2, -0.15) is 13.2 Å². The molecular weight excluding hydrogens is 260 g/mol. The van der Waals surface area contributed by atoms with E-state index in [1.54, 1.807) is 0 Å². The van der Waals surface area contributed by atoms with E-state index >= 15 is 0 Å². The molecule has 0 unspecified atom stereocenters. The second-order valence-electron chi connectivity index (χ2n) is 5.14. The van der Waals surface area contributed by atoms with Gasteiger partial charge in [0.1, 0.15) is 5.82 Å². The Bertz CT molecular complexity index is 445. The zero-order chi connectivity index (χ0) is 14.1. The average molecular weight is 276 g/mol. The molecule has 1 fully saturated rings. The van der Waals surface area contributed by atoms with Gasteiger partial charge in [-0.25, -0.2) is 4.39 Å². The van der Waals surface area contributed by atoms with Gasteiger partial charge in [0, 0.05) is 0 Å². The zero-order valence-corrected chi connectivity index (χ0v) is 10.4. The molecule has 1 saturated carbocycles. The molecule has 1 aromatic rings. The molecule has 106 valence electrons. The summed E-state index contributed by atoms with van der Waals surface area (Å²) >= 11 is 0. The van der Waals surface area contributed by atoms with E-state index in [9.17, 15) is 22.7 Å². The van der Waals surface area contributed by atoms with Crippen LogP contribution in [0.2, 0.25) is 0 Å². The second kappa shape index (κ2) is 5.12. The van der Waals surface area contributed by atoms with Crippen LogP contribution in [0.5, 0.6) is 0 Å². The van der Waals surface area contributed by atoms with Crippen LogP contribution in [0.4, 0.5) is 17.6 Å². The minimum Gasteiger partial charge on any atom is -0.385 e. The number of halogens is 4. The fraction of sp³-hybridized carbons (Fsp3) is 0.571. The minimum absolute atomic E-state index is 0.170. The van der Waals surface area contributed by atoms with Crippen LogP contribution < -0.4 is 0 Å². The molecule has 0 heterocycles. The minimum atomic E-state index is -4.73. The van der Waals surface area contributed by atoms with Crippen molar-refractivity contribution < 1.29 is 22.7 Å². The fourth-order valence-corrected chi connectivity index (χ4v) is 2.63. The molecule has 1 aliphatic rings. The number of aliphatic hydroxyl groups is 1. The smallest absolute Gasteiger partial charge is 0.385 e. The summed E-state index contributed by atoms with van der Waals surface area (Å²) in [6.45, 7) is 0. The molecule has 0 spiro atoms. The molecule has 0 saturated heterocycles. The van der Waals surface area contributed by atoms with Gasteiger partial charge in [0.25, 0.3) is 0 Å². The third-order valence-corrected chi connectivity index (χ3v) is 3.74. The van der Waals surface area contributed by atoms with Crippen molar-refractivity contribution in [2.45, 2.75) is 50.3 Å². The lowest BCUT2D eigenvalue weighted by Gasteiger charge is -2.28. The first-order chi connectivity index (χ1) is 8.83. The van der Waals surface area contributed by atoms with E-state index in [2.05, 4.69) is 0 Å². The van der Waals surface area contributed by atoms with Crippen LogP contribution in [0.1, 0.15) is 49.7 Å². The Morgan fingerprint density at radius 1 is 1.00 bits per heavy atom. The molecule has 0 radical (unpaired) electrons. The van der Waals surface area contributed by atoms with E-state index in [0.29, 0.717) is 12.8 Å².